The predicted octanol–water partition coefficient (Wildman–Crippen LogP) is 4.34. The van der Waals surface area contributed by atoms with Gasteiger partial charge in [0.1, 0.15) is 17.0 Å². The summed E-state index contributed by atoms with van der Waals surface area (Å²) in [5, 5.41) is 5.09. The van der Waals surface area contributed by atoms with E-state index in [-0.39, 0.29) is 6.04 Å². The van der Waals surface area contributed by atoms with Crippen LogP contribution in [0.2, 0.25) is 0 Å². The van der Waals surface area contributed by atoms with Gasteiger partial charge in [0, 0.05) is 13.2 Å². The van der Waals surface area contributed by atoms with Gasteiger partial charge in [-0.15, -0.1) is 0 Å². The van der Waals surface area contributed by atoms with Gasteiger partial charge >= 0.3 is 7.52 Å². The summed E-state index contributed by atoms with van der Waals surface area (Å²) < 4.78 is 38.0. The molecule has 0 bridgehead atoms. The van der Waals surface area contributed by atoms with Gasteiger partial charge in [-0.1, -0.05) is 30.3 Å². The lowest BCUT2D eigenvalue weighted by Gasteiger charge is -2.36. The Bertz CT molecular complexity index is 1170. The first-order valence-electron chi connectivity index (χ1n) is 9.49. The number of aliphatic imine (C=N–C) groups is 1. The zero-order chi connectivity index (χ0) is 20.2. The minimum Gasteiger partial charge on any atom is -0.313 e. The van der Waals surface area contributed by atoms with Gasteiger partial charge < -0.3 is 4.52 Å². The quantitative estimate of drug-likeness (QED) is 0.601. The summed E-state index contributed by atoms with van der Waals surface area (Å²) in [7, 11) is -2.08. The molecule has 1 aliphatic heterocycles. The second-order valence-corrected chi connectivity index (χ2v) is 9.48. The van der Waals surface area contributed by atoms with Crippen LogP contribution in [0, 0.1) is 12.7 Å². The van der Waals surface area contributed by atoms with Crippen LogP contribution in [-0.2, 0) is 9.09 Å². The van der Waals surface area contributed by atoms with Crippen LogP contribution in [-0.4, -0.2) is 33.4 Å². The van der Waals surface area contributed by atoms with Crippen molar-refractivity contribution in [2.75, 3.05) is 7.11 Å². The Morgan fingerprint density at radius 1 is 1.10 bits per heavy atom. The molecule has 8 heteroatoms. The van der Waals surface area contributed by atoms with Crippen molar-refractivity contribution in [3.05, 3.63) is 71.7 Å². The zero-order valence-electron chi connectivity index (χ0n) is 16.1. The van der Waals surface area contributed by atoms with E-state index in [1.54, 1.807) is 34.5 Å². The molecule has 1 saturated carbocycles. The number of benzene rings is 2. The van der Waals surface area contributed by atoms with E-state index in [4.69, 9.17) is 9.52 Å². The molecule has 2 aliphatic rings. The van der Waals surface area contributed by atoms with Gasteiger partial charge in [-0.3, -0.25) is 9.24 Å². The normalized spacial score (nSPS) is 21.1. The molecule has 1 fully saturated rings. The second-order valence-electron chi connectivity index (χ2n) is 7.20. The van der Waals surface area contributed by atoms with Gasteiger partial charge in [0.05, 0.1) is 16.9 Å². The molecule has 1 aliphatic carbocycles. The van der Waals surface area contributed by atoms with Crippen LogP contribution in [0.5, 0.6) is 0 Å². The summed E-state index contributed by atoms with van der Waals surface area (Å²) in [6.07, 6.45) is 1.73. The third kappa shape index (κ3) is 2.76. The van der Waals surface area contributed by atoms with E-state index in [0.717, 1.165) is 18.5 Å². The van der Waals surface area contributed by atoms with Gasteiger partial charge in [0.15, 0.2) is 5.82 Å². The standard InChI is InChI=1S/C21H20FN4O2P/c1-14-19-21(25(24-14)15-8-4-3-5-9-15)23-20(17-10-6-7-11-18(17)22)26(16-12-13-16)29(19,27)28-2/h3-11,16H,12-13H2,1-2H3. The average molecular weight is 410 g/mol. The van der Waals surface area contributed by atoms with Crippen LogP contribution in [0.1, 0.15) is 24.1 Å². The van der Waals surface area contributed by atoms with Gasteiger partial charge in [-0.05, 0) is 44.0 Å². The van der Waals surface area contributed by atoms with Crippen molar-refractivity contribution in [3.8, 4) is 5.69 Å². The number of fused-ring (bicyclic) bond motifs is 1. The van der Waals surface area contributed by atoms with Crippen molar-refractivity contribution in [3.63, 3.8) is 0 Å². The maximum absolute atomic E-state index is 14.7. The fourth-order valence-corrected chi connectivity index (χ4v) is 6.27. The van der Waals surface area contributed by atoms with Crippen molar-refractivity contribution in [1.29, 1.82) is 0 Å². The van der Waals surface area contributed by atoms with Crippen LogP contribution in [0.15, 0.2) is 59.6 Å². The maximum atomic E-state index is 14.7. The summed E-state index contributed by atoms with van der Waals surface area (Å²) >= 11 is 0. The molecular formula is C21H20FN4O2P. The highest BCUT2D eigenvalue weighted by atomic mass is 31.2. The molecule has 0 spiro atoms. The number of nitrogens with zero attached hydrogens (tertiary/aromatic N) is 4. The Morgan fingerprint density at radius 3 is 2.45 bits per heavy atom. The summed E-state index contributed by atoms with van der Waals surface area (Å²) in [6, 6.07) is 15.9. The molecule has 5 rings (SSSR count). The number of amidine groups is 1. The molecule has 0 amide bonds. The minimum absolute atomic E-state index is 0.00626. The summed E-state index contributed by atoms with van der Waals surface area (Å²) in [5.74, 6) is 0.347. The van der Waals surface area contributed by atoms with E-state index in [9.17, 15) is 8.96 Å². The lowest BCUT2D eigenvalue weighted by molar-refractivity contribution is 0.356. The first-order chi connectivity index (χ1) is 14.0. The number of aromatic nitrogens is 2. The smallest absolute Gasteiger partial charge is 0.313 e. The first kappa shape index (κ1) is 18.3. The third-order valence-electron chi connectivity index (χ3n) is 5.26. The average Bonchev–Trinajstić information content (AvgIpc) is 3.51. The largest absolute Gasteiger partial charge is 0.333 e. The molecule has 2 aromatic carbocycles. The van der Waals surface area contributed by atoms with Crippen molar-refractivity contribution >= 4 is 24.5 Å². The summed E-state index contributed by atoms with van der Waals surface area (Å²) in [4.78, 5) is 4.81. The number of hydrogen-bond acceptors (Lipinski definition) is 4. The van der Waals surface area contributed by atoms with Crippen molar-refractivity contribution in [2.45, 2.75) is 25.8 Å². The van der Waals surface area contributed by atoms with Crippen LogP contribution < -0.4 is 5.30 Å². The number of halogens is 1. The molecule has 6 nitrogen and oxygen atoms in total. The van der Waals surface area contributed by atoms with E-state index in [0.29, 0.717) is 28.2 Å². The van der Waals surface area contributed by atoms with Crippen LogP contribution in [0.3, 0.4) is 0 Å². The van der Waals surface area contributed by atoms with E-state index in [1.807, 2.05) is 30.3 Å². The number of aryl methyl sites for hydroxylation is 1. The summed E-state index contributed by atoms with van der Waals surface area (Å²) in [5.41, 5.74) is 1.69. The molecule has 2 heterocycles. The molecule has 148 valence electrons. The SMILES string of the molecule is COP1(=O)c2c(C)nn(-c3ccccc3)c2N=C(c2ccccc2F)N1C1CC1. The Balaban J connectivity index is 1.82. The molecule has 1 atom stereocenters. The van der Waals surface area contributed by atoms with E-state index in [2.05, 4.69) is 5.10 Å². The Morgan fingerprint density at radius 2 is 1.79 bits per heavy atom. The highest BCUT2D eigenvalue weighted by molar-refractivity contribution is 7.66. The Labute approximate surface area is 168 Å². The monoisotopic (exact) mass is 410 g/mol. The van der Waals surface area contributed by atoms with Gasteiger partial charge in [0.25, 0.3) is 0 Å². The topological polar surface area (TPSA) is 59.7 Å². The molecule has 0 radical (unpaired) electrons. The molecule has 1 aromatic heterocycles. The Hall–Kier alpha value is -2.76. The number of hydrogen-bond donors (Lipinski definition) is 0. The van der Waals surface area contributed by atoms with E-state index in [1.165, 1.54) is 13.2 Å². The number of rotatable bonds is 4. The van der Waals surface area contributed by atoms with Crippen molar-refractivity contribution in [1.82, 2.24) is 14.5 Å². The van der Waals surface area contributed by atoms with Crippen LogP contribution in [0.25, 0.3) is 5.69 Å². The lowest BCUT2D eigenvalue weighted by Crippen LogP contribution is -2.39. The predicted molar refractivity (Wildman–Crippen MR) is 110 cm³/mol. The molecule has 3 aromatic rings. The fourth-order valence-electron chi connectivity index (χ4n) is 3.78. The van der Waals surface area contributed by atoms with Gasteiger partial charge in [0.2, 0.25) is 0 Å². The maximum Gasteiger partial charge on any atom is 0.333 e. The van der Waals surface area contributed by atoms with Crippen molar-refractivity contribution < 1.29 is 13.5 Å². The molecule has 29 heavy (non-hydrogen) atoms. The fraction of sp³-hybridized carbons (Fsp3) is 0.238. The minimum atomic E-state index is -3.51. The molecule has 0 saturated heterocycles. The number of para-hydroxylation sites is 1. The van der Waals surface area contributed by atoms with Gasteiger partial charge in [-0.2, -0.15) is 5.10 Å². The van der Waals surface area contributed by atoms with E-state index < -0.39 is 13.3 Å². The molecular weight excluding hydrogens is 390 g/mol. The zero-order valence-corrected chi connectivity index (χ0v) is 17.0. The second kappa shape index (κ2) is 6.65. The summed E-state index contributed by atoms with van der Waals surface area (Å²) in [6.45, 7) is 1.80. The lowest BCUT2D eigenvalue weighted by atomic mass is 10.2. The first-order valence-corrected chi connectivity index (χ1v) is 11.1. The highest BCUT2D eigenvalue weighted by Gasteiger charge is 2.51. The van der Waals surface area contributed by atoms with Crippen LogP contribution >= 0.6 is 7.52 Å². The third-order valence-corrected chi connectivity index (χ3v) is 7.92. The molecule has 0 N–H and O–H groups in total. The molecule has 1 unspecified atom stereocenters. The van der Waals surface area contributed by atoms with Crippen molar-refractivity contribution in [2.24, 2.45) is 4.99 Å². The van der Waals surface area contributed by atoms with Gasteiger partial charge in [-0.25, -0.2) is 14.1 Å². The van der Waals surface area contributed by atoms with E-state index >= 15 is 0 Å². The van der Waals surface area contributed by atoms with Crippen LogP contribution in [0.4, 0.5) is 10.2 Å². The highest BCUT2D eigenvalue weighted by Crippen LogP contribution is 2.59. The Kier molecular flexibility index (Phi) is 4.19.